The van der Waals surface area contributed by atoms with Gasteiger partial charge in [-0.05, 0) is 104 Å². The molecule has 0 radical (unpaired) electrons. The number of hydrogen-bond acceptors (Lipinski definition) is 30. The Bertz CT molecular complexity index is 3310. The van der Waals surface area contributed by atoms with Crippen molar-refractivity contribution in [2.45, 2.75) is 155 Å². The molecule has 0 aromatic carbocycles. The fourth-order valence-electron chi connectivity index (χ4n) is 14.3. The smallest absolute Gasteiger partial charge is 0.408 e. The van der Waals surface area contributed by atoms with Gasteiger partial charge in [0, 0.05) is 85.7 Å². The van der Waals surface area contributed by atoms with Gasteiger partial charge in [-0.1, -0.05) is 114 Å². The predicted octanol–water partition coefficient (Wildman–Crippen LogP) is 8.84. The van der Waals surface area contributed by atoms with Crippen LogP contribution in [0.25, 0.3) is 0 Å². The second-order valence-electron chi connectivity index (χ2n) is 31.3. The standard InChI is InChI=1S/C82H114N2O30/c1-17-61(85)103-45-79(46-104-62(86)18-2,47-105-63(87)19-3)43-99-51-81(53-109-67(91)23-7,54-110-68(92)24-8)113-72(96)31-33-78(16)37-59(35-75(11,12)42-78)83-73(97)102-40-58-29-27-28-57(34-58)39-101-71(95)30-32-77(15)38-60(36-76(13,14)41-77)84-74(98)114-82(55-111-69(93)25-9,56-112-70(94)26-10)52-100-44-80(48-106-64(88)20-4,49-107-65(89)21-5)50-108-66(90)22-6/h17-26,57-60H,1-10,27-56H2,11-16H3,(H,83,97)(H,84,98). The maximum atomic E-state index is 14.3. The zero-order chi connectivity index (χ0) is 85.4. The van der Waals surface area contributed by atoms with Gasteiger partial charge in [-0.2, -0.15) is 0 Å². The molecule has 32 heteroatoms. The number of hydrogen-bond donors (Lipinski definition) is 2. The number of alkyl carbamates (subject to hydrolysis) is 2. The number of amides is 2. The average Bonchev–Trinajstić information content (AvgIpc) is 0.794. The number of esters is 12. The zero-order valence-electron chi connectivity index (χ0n) is 66.6. The Morgan fingerprint density at radius 1 is 0.333 bits per heavy atom. The topological polar surface area (TPSA) is 411 Å². The van der Waals surface area contributed by atoms with E-state index < -0.39 is 227 Å². The number of ether oxygens (including phenoxy) is 16. The molecular formula is C82H114N2O30. The highest BCUT2D eigenvalue weighted by Crippen LogP contribution is 2.50. The predicted molar refractivity (Wildman–Crippen MR) is 408 cm³/mol. The van der Waals surface area contributed by atoms with Crippen LogP contribution in [0.2, 0.25) is 0 Å². The summed E-state index contributed by atoms with van der Waals surface area (Å²) in [7, 11) is 0. The minimum Gasteiger partial charge on any atom is -0.465 e. The lowest BCUT2D eigenvalue weighted by molar-refractivity contribution is -0.197. The van der Waals surface area contributed by atoms with Gasteiger partial charge in [0.05, 0.1) is 50.5 Å². The monoisotopic (exact) mass is 1610 g/mol. The van der Waals surface area contributed by atoms with Gasteiger partial charge in [-0.3, -0.25) is 9.59 Å². The van der Waals surface area contributed by atoms with E-state index >= 15 is 0 Å². The lowest BCUT2D eigenvalue weighted by Gasteiger charge is -2.47. The van der Waals surface area contributed by atoms with Gasteiger partial charge in [0.25, 0.3) is 0 Å². The van der Waals surface area contributed by atoms with Crippen LogP contribution in [0.15, 0.2) is 127 Å². The number of nitrogens with one attached hydrogen (secondary N) is 2. The fraction of sp³-hybridized carbons (Fsp3) is 0.585. The first-order valence-electron chi connectivity index (χ1n) is 37.1. The van der Waals surface area contributed by atoms with Crippen LogP contribution in [0.3, 0.4) is 0 Å². The van der Waals surface area contributed by atoms with Gasteiger partial charge in [0.15, 0.2) is 0 Å². The summed E-state index contributed by atoms with van der Waals surface area (Å²) in [4.78, 5) is 180. The summed E-state index contributed by atoms with van der Waals surface area (Å²) in [6, 6.07) is -0.961. The summed E-state index contributed by atoms with van der Waals surface area (Å²) in [6.45, 7) is 37.1. The van der Waals surface area contributed by atoms with E-state index in [9.17, 15) is 67.1 Å². The summed E-state index contributed by atoms with van der Waals surface area (Å²) in [5.74, 6) is -10.5. The van der Waals surface area contributed by atoms with E-state index in [2.05, 4.69) is 76.4 Å². The molecule has 6 unspecified atom stereocenters. The van der Waals surface area contributed by atoms with Crippen molar-refractivity contribution < 1.29 is 143 Å². The minimum atomic E-state index is -2.13. The van der Waals surface area contributed by atoms with Crippen molar-refractivity contribution >= 4 is 83.8 Å². The molecule has 0 heterocycles. The number of carbonyl (C=O) groups is 14. The van der Waals surface area contributed by atoms with Crippen LogP contribution in [-0.2, 0) is 133 Å². The lowest BCUT2D eigenvalue weighted by atomic mass is 9.61. The third kappa shape index (κ3) is 36.5. The zero-order valence-corrected chi connectivity index (χ0v) is 66.6. The largest absolute Gasteiger partial charge is 0.465 e. The molecule has 0 aromatic heterocycles. The van der Waals surface area contributed by atoms with Crippen LogP contribution in [-0.4, -0.2) is 213 Å². The quantitative estimate of drug-likeness (QED) is 0.0326. The van der Waals surface area contributed by atoms with Crippen molar-refractivity contribution in [1.82, 2.24) is 10.6 Å². The molecule has 0 saturated heterocycles. The highest BCUT2D eigenvalue weighted by molar-refractivity contribution is 5.85. The molecule has 0 aliphatic heterocycles. The molecule has 2 N–H and O–H groups in total. The Labute approximate surface area is 666 Å². The first-order valence-corrected chi connectivity index (χ1v) is 37.1. The van der Waals surface area contributed by atoms with E-state index in [-0.39, 0.29) is 49.7 Å². The maximum Gasteiger partial charge on any atom is 0.408 e. The summed E-state index contributed by atoms with van der Waals surface area (Å²) in [5.41, 5.74) is -9.41. The fourth-order valence-corrected chi connectivity index (χ4v) is 14.3. The van der Waals surface area contributed by atoms with Crippen molar-refractivity contribution in [3.05, 3.63) is 127 Å². The first-order chi connectivity index (χ1) is 53.7. The first kappa shape index (κ1) is 97.7. The Morgan fingerprint density at radius 3 is 0.930 bits per heavy atom. The molecular weight excluding hydrogens is 1490 g/mol. The van der Waals surface area contributed by atoms with E-state index in [1.165, 1.54) is 0 Å². The normalized spacial score (nSPS) is 19.6. The van der Waals surface area contributed by atoms with Gasteiger partial charge in [-0.15, -0.1) is 0 Å². The Kier molecular flexibility index (Phi) is 40.5. The highest BCUT2D eigenvalue weighted by atomic mass is 16.7. The Hall–Kier alpha value is -10.5. The third-order valence-electron chi connectivity index (χ3n) is 19.1. The molecule has 3 aliphatic rings. The van der Waals surface area contributed by atoms with Crippen LogP contribution in [0, 0.1) is 44.3 Å². The highest BCUT2D eigenvalue weighted by Gasteiger charge is 2.48. The molecule has 2 amide bonds. The molecule has 3 saturated carbocycles. The van der Waals surface area contributed by atoms with Crippen LogP contribution in [0.1, 0.15) is 131 Å². The summed E-state index contributed by atoms with van der Waals surface area (Å²) in [5, 5.41) is 5.95. The lowest BCUT2D eigenvalue weighted by Crippen LogP contribution is -2.54. The van der Waals surface area contributed by atoms with E-state index in [1.807, 2.05) is 41.5 Å². The summed E-state index contributed by atoms with van der Waals surface area (Å²) >= 11 is 0. The molecule has 0 spiro atoms. The molecule has 3 rings (SSSR count). The van der Waals surface area contributed by atoms with Crippen molar-refractivity contribution in [3.63, 3.8) is 0 Å². The molecule has 114 heavy (non-hydrogen) atoms. The molecule has 0 bridgehead atoms. The van der Waals surface area contributed by atoms with E-state index in [0.29, 0.717) is 51.4 Å². The number of carbonyl (C=O) groups excluding carboxylic acids is 14. The van der Waals surface area contributed by atoms with Crippen LogP contribution >= 0.6 is 0 Å². The van der Waals surface area contributed by atoms with Gasteiger partial charge < -0.3 is 86.4 Å². The van der Waals surface area contributed by atoms with Crippen molar-refractivity contribution in [2.75, 3.05) is 106 Å². The van der Waals surface area contributed by atoms with Gasteiger partial charge in [0.2, 0.25) is 11.2 Å². The average molecular weight is 1610 g/mol. The molecule has 632 valence electrons. The summed E-state index contributed by atoms with van der Waals surface area (Å²) < 4.78 is 89.3. The SMILES string of the molecule is C=CC(=O)OCC(COCC(COC(=O)C=C)(COC(=O)C=C)OC(=O)CCC1(C)CC(NC(=O)OCC2CCCC(COC(=O)CCC3(C)CC(NC(=O)OC(COCC(COC(=O)C=C)(COC(=O)C=C)COC(=O)C=C)(COC(=O)C=C)COC(=O)C=C)CC(C)(C)C3)C2)CC(C)(C)C1)(COC(=O)C=C)COC(=O)C=C. The molecule has 32 nitrogen and oxygen atoms in total. The van der Waals surface area contributed by atoms with Gasteiger partial charge in [-0.25, -0.2) is 57.5 Å². The second-order valence-corrected chi connectivity index (χ2v) is 31.3. The van der Waals surface area contributed by atoms with Crippen LogP contribution in [0.4, 0.5) is 9.59 Å². The Balaban J connectivity index is 1.71. The Morgan fingerprint density at radius 2 is 0.614 bits per heavy atom. The van der Waals surface area contributed by atoms with Gasteiger partial charge in [0.1, 0.15) is 66.1 Å². The van der Waals surface area contributed by atoms with E-state index in [4.69, 9.17) is 75.8 Å². The third-order valence-corrected chi connectivity index (χ3v) is 19.1. The van der Waals surface area contributed by atoms with Gasteiger partial charge >= 0.3 is 83.8 Å². The van der Waals surface area contributed by atoms with E-state index in [0.717, 1.165) is 80.0 Å². The molecule has 3 aliphatic carbocycles. The van der Waals surface area contributed by atoms with Crippen LogP contribution < -0.4 is 10.6 Å². The number of rotatable bonds is 52. The van der Waals surface area contributed by atoms with Crippen molar-refractivity contribution in [1.29, 1.82) is 0 Å². The molecule has 6 atom stereocenters. The van der Waals surface area contributed by atoms with Crippen molar-refractivity contribution in [2.24, 2.45) is 44.3 Å². The van der Waals surface area contributed by atoms with E-state index in [1.54, 1.807) is 0 Å². The molecule has 3 fully saturated rings. The molecule has 0 aromatic rings. The van der Waals surface area contributed by atoms with Crippen molar-refractivity contribution in [3.8, 4) is 0 Å². The summed E-state index contributed by atoms with van der Waals surface area (Å²) in [6.07, 6.45) is 13.3. The van der Waals surface area contributed by atoms with Crippen LogP contribution in [0.5, 0.6) is 0 Å². The second kappa shape index (κ2) is 47.2. The minimum absolute atomic E-state index is 0.0235. The maximum absolute atomic E-state index is 14.3.